The van der Waals surface area contributed by atoms with Gasteiger partial charge in [0.25, 0.3) is 0 Å². The molecule has 2 amide bonds. The Labute approximate surface area is 118 Å². The van der Waals surface area contributed by atoms with E-state index in [1.165, 1.54) is 12.8 Å². The maximum Gasteiger partial charge on any atom is 0.303 e. The number of rotatable bonds is 6. The van der Waals surface area contributed by atoms with Crippen LogP contribution in [0.5, 0.6) is 0 Å². The van der Waals surface area contributed by atoms with E-state index in [-0.39, 0.29) is 24.2 Å². The van der Waals surface area contributed by atoms with Crippen LogP contribution in [0.3, 0.4) is 0 Å². The number of carboxylic acid groups (broad SMARTS) is 1. The molecule has 20 heavy (non-hydrogen) atoms. The number of carbonyl (C=O) groups is 3. The lowest BCUT2D eigenvalue weighted by molar-refractivity contribution is -0.137. The quantitative estimate of drug-likeness (QED) is 0.704. The molecule has 2 fully saturated rings. The molecule has 112 valence electrons. The summed E-state index contributed by atoms with van der Waals surface area (Å²) in [4.78, 5) is 36.2. The van der Waals surface area contributed by atoms with Gasteiger partial charge in [0.15, 0.2) is 0 Å². The van der Waals surface area contributed by atoms with E-state index in [9.17, 15) is 14.4 Å². The normalized spacial score (nSPS) is 23.3. The van der Waals surface area contributed by atoms with Crippen molar-refractivity contribution in [3.8, 4) is 0 Å². The van der Waals surface area contributed by atoms with Crippen LogP contribution in [0.15, 0.2) is 0 Å². The van der Waals surface area contributed by atoms with Gasteiger partial charge in [0.05, 0.1) is 5.92 Å². The lowest BCUT2D eigenvalue weighted by Crippen LogP contribution is -2.37. The zero-order chi connectivity index (χ0) is 14.5. The number of nitrogens with zero attached hydrogens (tertiary/aromatic N) is 1. The van der Waals surface area contributed by atoms with Gasteiger partial charge in [0.2, 0.25) is 11.8 Å². The molecule has 0 radical (unpaired) electrons. The fourth-order valence-corrected chi connectivity index (χ4v) is 3.07. The third-order valence-corrected chi connectivity index (χ3v) is 4.16. The van der Waals surface area contributed by atoms with Gasteiger partial charge in [-0.1, -0.05) is 12.8 Å². The maximum atomic E-state index is 12.0. The monoisotopic (exact) mass is 282 g/mol. The third-order valence-electron chi connectivity index (χ3n) is 4.16. The van der Waals surface area contributed by atoms with E-state index < -0.39 is 5.97 Å². The van der Waals surface area contributed by atoms with Crippen LogP contribution < -0.4 is 5.32 Å². The van der Waals surface area contributed by atoms with Gasteiger partial charge in [0, 0.05) is 32.0 Å². The Morgan fingerprint density at radius 2 is 2.00 bits per heavy atom. The molecule has 6 nitrogen and oxygen atoms in total. The SMILES string of the molecule is O=C(O)CCCNC(=O)[C@@H]1CC(=O)N(C2CCCC2)C1. The number of aliphatic carboxylic acids is 1. The molecule has 0 aromatic heterocycles. The third kappa shape index (κ3) is 3.71. The van der Waals surface area contributed by atoms with Crippen molar-refractivity contribution in [1.29, 1.82) is 0 Å². The van der Waals surface area contributed by atoms with Crippen molar-refractivity contribution in [1.82, 2.24) is 10.2 Å². The molecular formula is C14H22N2O4. The second-order valence-electron chi connectivity index (χ2n) is 5.67. The molecular weight excluding hydrogens is 260 g/mol. The molecule has 1 aliphatic carbocycles. The summed E-state index contributed by atoms with van der Waals surface area (Å²) in [6.07, 6.45) is 5.21. The smallest absolute Gasteiger partial charge is 0.303 e. The summed E-state index contributed by atoms with van der Waals surface area (Å²) < 4.78 is 0. The number of amides is 2. The van der Waals surface area contributed by atoms with Crippen molar-refractivity contribution >= 4 is 17.8 Å². The standard InChI is InChI=1S/C14H22N2O4/c17-12-8-10(9-16(12)11-4-1-2-5-11)14(20)15-7-3-6-13(18)19/h10-11H,1-9H2,(H,15,20)(H,18,19)/t10-/m1/s1. The number of likely N-dealkylation sites (tertiary alicyclic amines) is 1. The first kappa shape index (κ1) is 14.8. The Bertz CT molecular complexity index is 391. The van der Waals surface area contributed by atoms with E-state index >= 15 is 0 Å². The van der Waals surface area contributed by atoms with E-state index in [0.717, 1.165) is 12.8 Å². The number of hydrogen-bond donors (Lipinski definition) is 2. The Balaban J connectivity index is 1.74. The van der Waals surface area contributed by atoms with Crippen LogP contribution in [0.2, 0.25) is 0 Å². The fraction of sp³-hybridized carbons (Fsp3) is 0.786. The first-order valence-corrected chi connectivity index (χ1v) is 7.37. The van der Waals surface area contributed by atoms with Crippen molar-refractivity contribution in [2.24, 2.45) is 5.92 Å². The lowest BCUT2D eigenvalue weighted by Gasteiger charge is -2.23. The summed E-state index contributed by atoms with van der Waals surface area (Å²) >= 11 is 0. The molecule has 1 saturated carbocycles. The van der Waals surface area contributed by atoms with Crippen LogP contribution in [0.1, 0.15) is 44.9 Å². The molecule has 0 spiro atoms. The fourth-order valence-electron chi connectivity index (χ4n) is 3.07. The van der Waals surface area contributed by atoms with Gasteiger partial charge in [-0.2, -0.15) is 0 Å². The predicted octanol–water partition coefficient (Wildman–Crippen LogP) is 0.758. The average Bonchev–Trinajstić information content (AvgIpc) is 3.02. The predicted molar refractivity (Wildman–Crippen MR) is 72.0 cm³/mol. The summed E-state index contributed by atoms with van der Waals surface area (Å²) in [7, 11) is 0. The molecule has 2 N–H and O–H groups in total. The molecule has 0 unspecified atom stereocenters. The summed E-state index contributed by atoms with van der Waals surface area (Å²) in [6.45, 7) is 0.882. The minimum atomic E-state index is -0.859. The van der Waals surface area contributed by atoms with Crippen LogP contribution in [-0.2, 0) is 14.4 Å². The summed E-state index contributed by atoms with van der Waals surface area (Å²) in [5.74, 6) is -1.16. The molecule has 6 heteroatoms. The molecule has 1 heterocycles. The van der Waals surface area contributed by atoms with Gasteiger partial charge in [-0.3, -0.25) is 14.4 Å². The molecule has 0 bridgehead atoms. The zero-order valence-corrected chi connectivity index (χ0v) is 11.6. The van der Waals surface area contributed by atoms with Gasteiger partial charge in [-0.05, 0) is 19.3 Å². The molecule has 1 saturated heterocycles. The Hall–Kier alpha value is -1.59. The second-order valence-corrected chi connectivity index (χ2v) is 5.67. The van der Waals surface area contributed by atoms with Gasteiger partial charge in [0.1, 0.15) is 0 Å². The Morgan fingerprint density at radius 3 is 2.65 bits per heavy atom. The van der Waals surface area contributed by atoms with Crippen LogP contribution in [0.4, 0.5) is 0 Å². The average molecular weight is 282 g/mol. The van der Waals surface area contributed by atoms with Crippen molar-refractivity contribution in [2.75, 3.05) is 13.1 Å². The van der Waals surface area contributed by atoms with Crippen LogP contribution in [0, 0.1) is 5.92 Å². The minimum absolute atomic E-state index is 0.0536. The largest absolute Gasteiger partial charge is 0.481 e. The number of carbonyl (C=O) groups excluding carboxylic acids is 2. The van der Waals surface area contributed by atoms with Gasteiger partial charge in [-0.15, -0.1) is 0 Å². The number of nitrogens with one attached hydrogen (secondary N) is 1. The van der Waals surface area contributed by atoms with Crippen molar-refractivity contribution < 1.29 is 19.5 Å². The highest BCUT2D eigenvalue weighted by molar-refractivity contribution is 5.89. The molecule has 0 aromatic carbocycles. The lowest BCUT2D eigenvalue weighted by atomic mass is 10.1. The summed E-state index contributed by atoms with van der Waals surface area (Å²) in [5.41, 5.74) is 0. The summed E-state index contributed by atoms with van der Waals surface area (Å²) in [6, 6.07) is 0.326. The van der Waals surface area contributed by atoms with Crippen LogP contribution in [-0.4, -0.2) is 46.9 Å². The highest BCUT2D eigenvalue weighted by Crippen LogP contribution is 2.29. The Morgan fingerprint density at radius 1 is 1.30 bits per heavy atom. The Kier molecular flexibility index (Phi) is 4.98. The highest BCUT2D eigenvalue weighted by atomic mass is 16.4. The molecule has 2 rings (SSSR count). The van der Waals surface area contributed by atoms with Crippen molar-refractivity contribution in [3.05, 3.63) is 0 Å². The summed E-state index contributed by atoms with van der Waals surface area (Å²) in [5, 5.41) is 11.2. The van der Waals surface area contributed by atoms with Crippen molar-refractivity contribution in [2.45, 2.75) is 51.0 Å². The van der Waals surface area contributed by atoms with E-state index in [1.807, 2.05) is 4.90 Å². The van der Waals surface area contributed by atoms with Crippen LogP contribution in [0.25, 0.3) is 0 Å². The molecule has 1 atom stereocenters. The topological polar surface area (TPSA) is 86.7 Å². The molecule has 0 aromatic rings. The zero-order valence-electron chi connectivity index (χ0n) is 11.6. The minimum Gasteiger partial charge on any atom is -0.481 e. The van der Waals surface area contributed by atoms with E-state index in [2.05, 4.69) is 5.32 Å². The first-order valence-electron chi connectivity index (χ1n) is 7.37. The number of carboxylic acids is 1. The maximum absolute atomic E-state index is 12.0. The van der Waals surface area contributed by atoms with Gasteiger partial charge < -0.3 is 15.3 Å². The first-order chi connectivity index (χ1) is 9.58. The number of hydrogen-bond acceptors (Lipinski definition) is 3. The highest BCUT2D eigenvalue weighted by Gasteiger charge is 2.38. The van der Waals surface area contributed by atoms with E-state index in [1.54, 1.807) is 0 Å². The molecule has 1 aliphatic heterocycles. The van der Waals surface area contributed by atoms with Crippen LogP contribution >= 0.6 is 0 Å². The van der Waals surface area contributed by atoms with Gasteiger partial charge in [-0.25, -0.2) is 0 Å². The molecule has 2 aliphatic rings. The van der Waals surface area contributed by atoms with E-state index in [0.29, 0.717) is 32.0 Å². The van der Waals surface area contributed by atoms with E-state index in [4.69, 9.17) is 5.11 Å². The second kappa shape index (κ2) is 6.72. The van der Waals surface area contributed by atoms with Crippen molar-refractivity contribution in [3.63, 3.8) is 0 Å². The van der Waals surface area contributed by atoms with Gasteiger partial charge >= 0.3 is 5.97 Å².